The van der Waals surface area contributed by atoms with E-state index in [-0.39, 0.29) is 31.2 Å². The summed E-state index contributed by atoms with van der Waals surface area (Å²) in [5, 5.41) is 27.0. The van der Waals surface area contributed by atoms with Crippen molar-refractivity contribution in [2.75, 3.05) is 11.5 Å². The van der Waals surface area contributed by atoms with Gasteiger partial charge < -0.3 is 19.1 Å². The van der Waals surface area contributed by atoms with Crippen molar-refractivity contribution >= 4 is 50.8 Å². The van der Waals surface area contributed by atoms with Gasteiger partial charge >= 0.3 is 0 Å². The molecule has 7 rings (SSSR count). The number of imide groups is 1. The van der Waals surface area contributed by atoms with E-state index in [1.807, 2.05) is 6.07 Å². The summed E-state index contributed by atoms with van der Waals surface area (Å²) in [7, 11) is 0. The number of carbonyl (C=O) groups excluding carboxylic acids is 2. The Morgan fingerprint density at radius 1 is 1.13 bits per heavy atom. The van der Waals surface area contributed by atoms with Gasteiger partial charge in [-0.05, 0) is 42.4 Å². The Kier molecular flexibility index (Phi) is 5.11. The molecule has 1 unspecified atom stereocenters. The van der Waals surface area contributed by atoms with Crippen molar-refractivity contribution in [3.8, 4) is 11.9 Å². The first-order valence-corrected chi connectivity index (χ1v) is 13.0. The maximum Gasteiger partial charge on any atom is 0.262 e. The summed E-state index contributed by atoms with van der Waals surface area (Å²) < 4.78 is 17.6. The van der Waals surface area contributed by atoms with E-state index in [2.05, 4.69) is 11.2 Å². The third-order valence-electron chi connectivity index (χ3n) is 8.54. The highest BCUT2D eigenvalue weighted by Gasteiger charge is 2.77. The zero-order valence-electron chi connectivity index (χ0n) is 20.8. The van der Waals surface area contributed by atoms with Crippen LogP contribution >= 0.6 is 11.6 Å². The van der Waals surface area contributed by atoms with Gasteiger partial charge in [0, 0.05) is 28.6 Å². The van der Waals surface area contributed by atoms with Gasteiger partial charge in [0.2, 0.25) is 11.8 Å². The molecule has 1 aromatic heterocycles. The number of nitrogens with zero attached hydrogens (tertiary/aromatic N) is 3. The summed E-state index contributed by atoms with van der Waals surface area (Å²) in [4.78, 5) is 29.1. The number of aliphatic hydroxyl groups is 1. The number of halogens is 1. The number of nitriles is 1. The molecule has 5 atom stereocenters. The van der Waals surface area contributed by atoms with Gasteiger partial charge in [0.1, 0.15) is 5.60 Å². The largest absolute Gasteiger partial charge is 0.475 e. The third kappa shape index (κ3) is 3.23. The molecule has 2 bridgehead atoms. The van der Waals surface area contributed by atoms with Crippen molar-refractivity contribution in [2.45, 2.75) is 37.1 Å². The van der Waals surface area contributed by atoms with Crippen LogP contribution in [-0.2, 0) is 14.3 Å². The normalized spacial score (nSPS) is 29.4. The predicted molar refractivity (Wildman–Crippen MR) is 140 cm³/mol. The second-order valence-corrected chi connectivity index (χ2v) is 11.0. The maximum absolute atomic E-state index is 14.0. The molecule has 3 saturated heterocycles. The van der Waals surface area contributed by atoms with Gasteiger partial charge in [-0.25, -0.2) is 4.90 Å². The summed E-state index contributed by atoms with van der Waals surface area (Å²) in [5.41, 5.74) is -0.920. The Balaban J connectivity index is 1.23. The minimum Gasteiger partial charge on any atom is -0.475 e. The van der Waals surface area contributed by atoms with E-state index in [0.29, 0.717) is 38.0 Å². The number of ether oxygens (including phenoxy) is 2. The maximum atomic E-state index is 14.0. The highest BCUT2D eigenvalue weighted by Crippen LogP contribution is 2.62. The molecule has 1 N–H and O–H groups in total. The van der Waals surface area contributed by atoms with Crippen LogP contribution in [0, 0.1) is 23.2 Å². The van der Waals surface area contributed by atoms with Crippen LogP contribution in [0.5, 0.6) is 5.88 Å². The van der Waals surface area contributed by atoms with E-state index in [0.717, 1.165) is 0 Å². The van der Waals surface area contributed by atoms with E-state index in [4.69, 9.17) is 25.6 Å². The Hall–Kier alpha value is -3.97. The summed E-state index contributed by atoms with van der Waals surface area (Å²) in [5.74, 6) is -2.18. The van der Waals surface area contributed by atoms with E-state index in [1.54, 1.807) is 55.5 Å². The van der Waals surface area contributed by atoms with Gasteiger partial charge in [-0.1, -0.05) is 35.9 Å². The summed E-state index contributed by atoms with van der Waals surface area (Å²) in [6, 6.07) is 17.7. The lowest BCUT2D eigenvalue weighted by molar-refractivity contribution is -0.134. The first-order chi connectivity index (χ1) is 18.8. The second-order valence-electron chi connectivity index (χ2n) is 10.6. The van der Waals surface area contributed by atoms with Crippen LogP contribution in [0.25, 0.3) is 21.7 Å². The molecule has 3 fully saturated rings. The number of carbonyl (C=O) groups is 2. The molecule has 4 aromatic rings. The first kappa shape index (κ1) is 24.1. The molecule has 3 aliphatic heterocycles. The lowest BCUT2D eigenvalue weighted by Crippen LogP contribution is -2.49. The second kappa shape index (κ2) is 8.26. The highest BCUT2D eigenvalue weighted by atomic mass is 35.5. The number of anilines is 1. The number of aliphatic hydroxyl groups excluding tert-OH is 1. The lowest BCUT2D eigenvalue weighted by atomic mass is 9.66. The average Bonchev–Trinajstić information content (AvgIpc) is 3.60. The quantitative estimate of drug-likeness (QED) is 0.368. The topological polar surface area (TPSA) is 126 Å². The molecule has 4 heterocycles. The van der Waals surface area contributed by atoms with Crippen LogP contribution in [-0.4, -0.2) is 46.0 Å². The standard InChI is InChI=1S/C29H22ClN3O6/c1-28-22(34)13-29(39-28,10-11-37-25-19-12-16(30)7-9-21(19)38-32-25)24-23(28)26(35)33(27(24)36)20-8-6-15(14-31)17-4-2-3-5-18(17)20/h2-9,12,22-24,34H,10-11,13H2,1H3/t22?,23-,24+,28-,29+/m1/s1. The van der Waals surface area contributed by atoms with Crippen LogP contribution in [0.1, 0.15) is 25.3 Å². The molecule has 0 radical (unpaired) electrons. The Morgan fingerprint density at radius 3 is 2.69 bits per heavy atom. The Labute approximate surface area is 227 Å². The van der Waals surface area contributed by atoms with Crippen molar-refractivity contribution in [1.82, 2.24) is 5.16 Å². The smallest absolute Gasteiger partial charge is 0.262 e. The van der Waals surface area contributed by atoms with Crippen LogP contribution in [0.2, 0.25) is 5.02 Å². The van der Waals surface area contributed by atoms with E-state index >= 15 is 0 Å². The minimum atomic E-state index is -1.22. The minimum absolute atomic E-state index is 0.113. The molecule has 9 nitrogen and oxygen atoms in total. The molecule has 10 heteroatoms. The van der Waals surface area contributed by atoms with Crippen molar-refractivity contribution in [1.29, 1.82) is 5.26 Å². The molecule has 0 aliphatic carbocycles. The van der Waals surface area contributed by atoms with E-state index in [1.165, 1.54) is 4.90 Å². The lowest BCUT2D eigenvalue weighted by Gasteiger charge is -2.33. The van der Waals surface area contributed by atoms with Crippen molar-refractivity contribution in [3.05, 3.63) is 65.2 Å². The average molecular weight is 544 g/mol. The number of amides is 2. The van der Waals surface area contributed by atoms with Crippen LogP contribution < -0.4 is 9.64 Å². The van der Waals surface area contributed by atoms with Crippen LogP contribution in [0.4, 0.5) is 5.69 Å². The number of hydrogen-bond acceptors (Lipinski definition) is 8. The van der Waals surface area contributed by atoms with Crippen molar-refractivity contribution in [2.24, 2.45) is 11.8 Å². The Morgan fingerprint density at radius 2 is 1.90 bits per heavy atom. The monoisotopic (exact) mass is 543 g/mol. The zero-order chi connectivity index (χ0) is 27.1. The summed E-state index contributed by atoms with van der Waals surface area (Å²) >= 11 is 6.11. The van der Waals surface area contributed by atoms with Crippen LogP contribution in [0.3, 0.4) is 0 Å². The predicted octanol–water partition coefficient (Wildman–Crippen LogP) is 4.37. The molecule has 0 saturated carbocycles. The van der Waals surface area contributed by atoms with Gasteiger partial charge in [0.05, 0.1) is 52.9 Å². The molecule has 3 aromatic carbocycles. The molecule has 39 heavy (non-hydrogen) atoms. The SMILES string of the molecule is C[C@@]12O[C@@](CCOc3noc4ccc(Cl)cc34)(CC1O)[C@@H]1C(=O)N(c3ccc(C#N)c4ccccc34)C(=O)[C@@H]12. The third-order valence-corrected chi connectivity index (χ3v) is 8.77. The van der Waals surface area contributed by atoms with Gasteiger partial charge in [-0.2, -0.15) is 5.26 Å². The van der Waals surface area contributed by atoms with Crippen molar-refractivity contribution in [3.63, 3.8) is 0 Å². The fourth-order valence-electron chi connectivity index (χ4n) is 6.75. The van der Waals surface area contributed by atoms with E-state index < -0.39 is 35.0 Å². The van der Waals surface area contributed by atoms with Crippen molar-refractivity contribution < 1.29 is 28.7 Å². The number of rotatable bonds is 5. The number of fused-ring (bicyclic) bond motifs is 7. The zero-order valence-corrected chi connectivity index (χ0v) is 21.5. The molecule has 3 aliphatic rings. The number of hydrogen-bond donors (Lipinski definition) is 1. The van der Waals surface area contributed by atoms with Gasteiger partial charge in [0.25, 0.3) is 5.88 Å². The molecule has 196 valence electrons. The van der Waals surface area contributed by atoms with Gasteiger partial charge in [-0.15, -0.1) is 0 Å². The summed E-state index contributed by atoms with van der Waals surface area (Å²) in [6.45, 7) is 1.81. The fourth-order valence-corrected chi connectivity index (χ4v) is 6.92. The Bertz CT molecular complexity index is 1750. The molecule has 0 spiro atoms. The highest BCUT2D eigenvalue weighted by molar-refractivity contribution is 6.31. The van der Waals surface area contributed by atoms with E-state index in [9.17, 15) is 20.0 Å². The number of benzene rings is 3. The molecular formula is C29H22ClN3O6. The van der Waals surface area contributed by atoms with Crippen LogP contribution in [0.15, 0.2) is 59.1 Å². The first-order valence-electron chi connectivity index (χ1n) is 12.6. The molecule has 2 amide bonds. The van der Waals surface area contributed by atoms with Gasteiger partial charge in [0.15, 0.2) is 5.58 Å². The fraction of sp³-hybridized carbons (Fsp3) is 0.310. The summed E-state index contributed by atoms with van der Waals surface area (Å²) in [6.07, 6.45) is -0.489. The molecular weight excluding hydrogens is 522 g/mol. The van der Waals surface area contributed by atoms with Gasteiger partial charge in [-0.3, -0.25) is 9.59 Å². The number of aromatic nitrogens is 1.